The zero-order chi connectivity index (χ0) is 38.3. The Bertz CT molecular complexity index is 979. The van der Waals surface area contributed by atoms with Gasteiger partial charge in [0.15, 0.2) is 0 Å². The zero-order valence-electron chi connectivity index (χ0n) is 33.1. The third-order valence-corrected chi connectivity index (χ3v) is 9.15. The number of allylic oxidation sites excluding steroid dienone is 6. The van der Waals surface area contributed by atoms with Crippen molar-refractivity contribution < 1.29 is 34.1 Å². The van der Waals surface area contributed by atoms with Crippen LogP contribution in [0, 0.1) is 0 Å². The monoisotopic (exact) mass is 733 g/mol. The molecule has 0 bridgehead atoms. The average molecular weight is 733 g/mol. The van der Waals surface area contributed by atoms with Crippen LogP contribution in [-0.4, -0.2) is 59.3 Å². The Balaban J connectivity index is 4.35. The molecule has 0 aromatic heterocycles. The molecule has 300 valence electrons. The number of hydrogen-bond donors (Lipinski definition) is 4. The Kier molecular flexibility index (Phi) is 35.7. The summed E-state index contributed by atoms with van der Waals surface area (Å²) in [5.74, 6) is -2.32. The molecule has 2 atom stereocenters. The molecule has 0 aliphatic rings. The first-order valence-corrected chi connectivity index (χ1v) is 20.9. The molecule has 0 rings (SSSR count). The summed E-state index contributed by atoms with van der Waals surface area (Å²) < 4.78 is 6.00. The Morgan fingerprint density at radius 2 is 1.10 bits per heavy atom. The summed E-state index contributed by atoms with van der Waals surface area (Å²) in [5.41, 5.74) is 0. The van der Waals surface area contributed by atoms with Crippen molar-refractivity contribution >= 4 is 23.8 Å². The van der Waals surface area contributed by atoms with Crippen molar-refractivity contribution in [3.8, 4) is 0 Å². The summed E-state index contributed by atoms with van der Waals surface area (Å²) >= 11 is 0. The molecule has 9 nitrogen and oxygen atoms in total. The van der Waals surface area contributed by atoms with Crippen LogP contribution in [0.25, 0.3) is 0 Å². The van der Waals surface area contributed by atoms with E-state index in [1.54, 1.807) is 0 Å². The van der Waals surface area contributed by atoms with Crippen LogP contribution in [-0.2, 0) is 23.9 Å². The fourth-order valence-corrected chi connectivity index (χ4v) is 5.96. The lowest BCUT2D eigenvalue weighted by Crippen LogP contribution is -2.47. The number of nitrogens with one attached hydrogen (secondary N) is 2. The standard InChI is InChI=1S/C43H76N2O7/c1-3-5-7-9-11-13-15-16-18-20-22-27-31-35-42(49)52-38(32-28-24-21-19-17-14-12-10-8-6-4-2)33-29-25-23-26-30-34-40(47)44-36-41(48)45-39(37-46)43(50)51/h5,7,11,13,16,18,38-39,46H,3-4,6,8-10,12,14-15,17,19-37H2,1-2H3,(H,44,47)(H,45,48)(H,50,51)/b7-5-,13-11-,18-16-. The summed E-state index contributed by atoms with van der Waals surface area (Å²) in [6.07, 6.45) is 41.7. The van der Waals surface area contributed by atoms with Gasteiger partial charge in [-0.25, -0.2) is 4.79 Å². The van der Waals surface area contributed by atoms with E-state index in [1.807, 2.05) is 0 Å². The van der Waals surface area contributed by atoms with Crippen LogP contribution < -0.4 is 10.6 Å². The molecule has 0 spiro atoms. The van der Waals surface area contributed by atoms with E-state index in [0.29, 0.717) is 19.3 Å². The minimum Gasteiger partial charge on any atom is -0.480 e. The summed E-state index contributed by atoms with van der Waals surface area (Å²) in [6, 6.07) is -1.38. The highest BCUT2D eigenvalue weighted by Crippen LogP contribution is 2.19. The van der Waals surface area contributed by atoms with Gasteiger partial charge in [0, 0.05) is 12.8 Å². The van der Waals surface area contributed by atoms with Crippen molar-refractivity contribution in [1.82, 2.24) is 10.6 Å². The number of unbranched alkanes of at least 4 members (excludes halogenated alkanes) is 17. The van der Waals surface area contributed by atoms with Crippen molar-refractivity contribution in [2.75, 3.05) is 13.2 Å². The number of carboxylic acids is 1. The van der Waals surface area contributed by atoms with Crippen LogP contribution in [0.2, 0.25) is 0 Å². The maximum Gasteiger partial charge on any atom is 0.328 e. The number of hydrogen-bond acceptors (Lipinski definition) is 6. The summed E-state index contributed by atoms with van der Waals surface area (Å²) in [7, 11) is 0. The molecule has 2 amide bonds. The van der Waals surface area contributed by atoms with Gasteiger partial charge in [-0.3, -0.25) is 14.4 Å². The van der Waals surface area contributed by atoms with Gasteiger partial charge in [-0.1, -0.05) is 140 Å². The second-order valence-electron chi connectivity index (χ2n) is 14.1. The first-order chi connectivity index (χ1) is 25.3. The van der Waals surface area contributed by atoms with Gasteiger partial charge in [-0.15, -0.1) is 0 Å². The van der Waals surface area contributed by atoms with Crippen LogP contribution in [0.1, 0.15) is 187 Å². The zero-order valence-corrected chi connectivity index (χ0v) is 33.1. The third kappa shape index (κ3) is 34.2. The van der Waals surface area contributed by atoms with Gasteiger partial charge in [0.1, 0.15) is 12.1 Å². The van der Waals surface area contributed by atoms with E-state index >= 15 is 0 Å². The van der Waals surface area contributed by atoms with E-state index < -0.39 is 24.5 Å². The number of amides is 2. The number of rotatable bonds is 37. The fraction of sp³-hybridized carbons (Fsp3) is 0.767. The molecule has 0 aromatic rings. The second-order valence-corrected chi connectivity index (χ2v) is 14.1. The fourth-order valence-electron chi connectivity index (χ4n) is 5.96. The number of carbonyl (C=O) groups excluding carboxylic acids is 3. The Morgan fingerprint density at radius 3 is 1.65 bits per heavy atom. The van der Waals surface area contributed by atoms with E-state index in [4.69, 9.17) is 14.9 Å². The molecule has 52 heavy (non-hydrogen) atoms. The predicted octanol–water partition coefficient (Wildman–Crippen LogP) is 9.82. The lowest BCUT2D eigenvalue weighted by atomic mass is 10.0. The molecule has 9 heteroatoms. The molecule has 0 saturated carbocycles. The van der Waals surface area contributed by atoms with Crippen molar-refractivity contribution in [3.63, 3.8) is 0 Å². The van der Waals surface area contributed by atoms with Crippen molar-refractivity contribution in [3.05, 3.63) is 36.5 Å². The maximum absolute atomic E-state index is 12.7. The molecule has 0 saturated heterocycles. The van der Waals surface area contributed by atoms with Crippen LogP contribution in [0.5, 0.6) is 0 Å². The lowest BCUT2D eigenvalue weighted by Gasteiger charge is -2.18. The molecule has 2 unspecified atom stereocenters. The van der Waals surface area contributed by atoms with Crippen LogP contribution in [0.3, 0.4) is 0 Å². The van der Waals surface area contributed by atoms with E-state index in [-0.39, 0.29) is 24.5 Å². The number of carboxylic acid groups (broad SMARTS) is 1. The van der Waals surface area contributed by atoms with Gasteiger partial charge < -0.3 is 25.6 Å². The first kappa shape index (κ1) is 49.1. The molecule has 0 radical (unpaired) electrons. The predicted molar refractivity (Wildman–Crippen MR) is 213 cm³/mol. The molecule has 0 fully saturated rings. The summed E-state index contributed by atoms with van der Waals surface area (Å²) in [4.78, 5) is 47.5. The van der Waals surface area contributed by atoms with Gasteiger partial charge in [0.25, 0.3) is 0 Å². The van der Waals surface area contributed by atoms with Gasteiger partial charge in [0.05, 0.1) is 13.2 Å². The number of aliphatic carboxylic acids is 1. The highest BCUT2D eigenvalue weighted by molar-refractivity contribution is 5.87. The quantitative estimate of drug-likeness (QED) is 0.0283. The van der Waals surface area contributed by atoms with Gasteiger partial charge >= 0.3 is 11.9 Å². The van der Waals surface area contributed by atoms with Gasteiger partial charge in [0.2, 0.25) is 11.8 Å². The highest BCUT2D eigenvalue weighted by Gasteiger charge is 2.19. The molecule has 0 aliphatic heterocycles. The molecule has 0 heterocycles. The summed E-state index contributed by atoms with van der Waals surface area (Å²) in [5, 5.41) is 22.5. The molecule has 4 N–H and O–H groups in total. The number of aliphatic hydroxyl groups excluding tert-OH is 1. The number of esters is 1. The minimum absolute atomic E-state index is 0.0250. The Hall–Kier alpha value is -2.94. The SMILES string of the molecule is CC/C=C\C/C=C\C/C=C\CCCCCC(=O)OC(CCCCCCCCCCCCC)CCCCCCCC(=O)NCC(=O)NC(CO)C(=O)O. The van der Waals surface area contributed by atoms with Crippen molar-refractivity contribution in [2.45, 2.75) is 199 Å². The van der Waals surface area contributed by atoms with Crippen LogP contribution >= 0.6 is 0 Å². The Labute approximate surface area is 316 Å². The highest BCUT2D eigenvalue weighted by atomic mass is 16.5. The average Bonchev–Trinajstić information content (AvgIpc) is 3.13. The number of aliphatic hydroxyl groups is 1. The van der Waals surface area contributed by atoms with Gasteiger partial charge in [-0.2, -0.15) is 0 Å². The molecule has 0 aromatic carbocycles. The largest absolute Gasteiger partial charge is 0.480 e. The molecular formula is C43H76N2O7. The van der Waals surface area contributed by atoms with E-state index in [1.165, 1.54) is 64.2 Å². The Morgan fingerprint density at radius 1 is 0.596 bits per heavy atom. The third-order valence-electron chi connectivity index (χ3n) is 9.15. The van der Waals surface area contributed by atoms with E-state index in [2.05, 4.69) is 60.9 Å². The normalized spacial score (nSPS) is 12.8. The lowest BCUT2D eigenvalue weighted by molar-refractivity contribution is -0.150. The van der Waals surface area contributed by atoms with Gasteiger partial charge in [-0.05, 0) is 70.6 Å². The molecular weight excluding hydrogens is 656 g/mol. The minimum atomic E-state index is -1.38. The summed E-state index contributed by atoms with van der Waals surface area (Å²) in [6.45, 7) is 3.36. The van der Waals surface area contributed by atoms with E-state index in [9.17, 15) is 19.2 Å². The molecule has 0 aliphatic carbocycles. The van der Waals surface area contributed by atoms with E-state index in [0.717, 1.165) is 89.9 Å². The number of ether oxygens (including phenoxy) is 1. The maximum atomic E-state index is 12.7. The van der Waals surface area contributed by atoms with Crippen molar-refractivity contribution in [1.29, 1.82) is 0 Å². The van der Waals surface area contributed by atoms with Crippen LogP contribution in [0.4, 0.5) is 0 Å². The smallest absolute Gasteiger partial charge is 0.328 e. The topological polar surface area (TPSA) is 142 Å². The first-order valence-electron chi connectivity index (χ1n) is 20.9. The van der Waals surface area contributed by atoms with Crippen molar-refractivity contribution in [2.24, 2.45) is 0 Å². The number of carbonyl (C=O) groups is 4. The second kappa shape index (κ2) is 37.8. The van der Waals surface area contributed by atoms with Crippen LogP contribution in [0.15, 0.2) is 36.5 Å².